The molecular formula is C37H55N3O3. The van der Waals surface area contributed by atoms with Gasteiger partial charge in [-0.25, -0.2) is 0 Å². The normalized spacial score (nSPS) is 42.0. The Morgan fingerprint density at radius 3 is 2.65 bits per heavy atom. The van der Waals surface area contributed by atoms with Crippen molar-refractivity contribution in [1.82, 2.24) is 10.2 Å². The van der Waals surface area contributed by atoms with Gasteiger partial charge in [0, 0.05) is 24.5 Å². The Labute approximate surface area is 259 Å². The van der Waals surface area contributed by atoms with Crippen molar-refractivity contribution in [2.75, 3.05) is 26.7 Å². The molecule has 43 heavy (non-hydrogen) atoms. The van der Waals surface area contributed by atoms with Crippen molar-refractivity contribution in [3.05, 3.63) is 47.5 Å². The van der Waals surface area contributed by atoms with Crippen LogP contribution in [-0.4, -0.2) is 60.5 Å². The molecule has 1 saturated heterocycles. The number of hydrogen-bond acceptors (Lipinski definition) is 5. The maximum Gasteiger partial charge on any atom is 0.260 e. The minimum Gasteiger partial charge on any atom is -0.393 e. The largest absolute Gasteiger partial charge is 0.393 e. The predicted octanol–water partition coefficient (Wildman–Crippen LogP) is 6.49. The molecule has 0 aromatic heterocycles. The van der Waals surface area contributed by atoms with Crippen molar-refractivity contribution in [3.63, 3.8) is 0 Å². The molecule has 3 saturated carbocycles. The molecule has 9 atom stereocenters. The van der Waals surface area contributed by atoms with E-state index in [9.17, 15) is 9.90 Å². The van der Waals surface area contributed by atoms with Crippen LogP contribution in [0.3, 0.4) is 0 Å². The Balaban J connectivity index is 1.03. The molecule has 0 unspecified atom stereocenters. The number of carbonyl (C=O) groups excluding carboxylic acids is 1. The number of nitrogens with zero attached hydrogens (tertiary/aromatic N) is 2. The van der Waals surface area contributed by atoms with E-state index in [2.05, 4.69) is 86.5 Å². The third-order valence-corrected chi connectivity index (χ3v) is 13.5. The molecule has 6 nitrogen and oxygen atoms in total. The van der Waals surface area contributed by atoms with Gasteiger partial charge in [0.25, 0.3) is 5.91 Å². The average molecular weight is 590 g/mol. The van der Waals surface area contributed by atoms with Crippen LogP contribution in [0.4, 0.5) is 0 Å². The first-order valence-electron chi connectivity index (χ1n) is 17.2. The molecule has 6 heteroatoms. The Bertz CT molecular complexity index is 1230. The zero-order chi connectivity index (χ0) is 30.4. The van der Waals surface area contributed by atoms with E-state index in [0.717, 1.165) is 63.1 Å². The number of piperidine rings is 1. The molecule has 2 N–H and O–H groups in total. The average Bonchev–Trinajstić information content (AvgIpc) is 3.30. The van der Waals surface area contributed by atoms with Crippen LogP contribution in [-0.2, 0) is 15.0 Å². The molecule has 0 radical (unpaired) electrons. The van der Waals surface area contributed by atoms with Gasteiger partial charge in [-0.05, 0) is 124 Å². The number of fused-ring (bicyclic) bond motifs is 5. The summed E-state index contributed by atoms with van der Waals surface area (Å²) in [6, 6.07) is 11.4. The number of aliphatic hydroxyl groups excluding tert-OH is 1. The van der Waals surface area contributed by atoms with Crippen LogP contribution in [0.15, 0.2) is 47.1 Å². The van der Waals surface area contributed by atoms with Crippen molar-refractivity contribution < 1.29 is 14.7 Å². The Morgan fingerprint density at radius 1 is 1.07 bits per heavy atom. The van der Waals surface area contributed by atoms with Crippen LogP contribution < -0.4 is 5.32 Å². The van der Waals surface area contributed by atoms with Crippen molar-refractivity contribution in [3.8, 4) is 0 Å². The summed E-state index contributed by atoms with van der Waals surface area (Å²) in [6.07, 6.45) is 13.1. The molecule has 4 fully saturated rings. The number of amides is 1. The van der Waals surface area contributed by atoms with Gasteiger partial charge in [-0.15, -0.1) is 0 Å². The van der Waals surface area contributed by atoms with Crippen LogP contribution in [0.1, 0.15) is 97.5 Å². The number of nitrogens with one attached hydrogen (secondary N) is 1. The van der Waals surface area contributed by atoms with Gasteiger partial charge in [0.15, 0.2) is 6.61 Å². The van der Waals surface area contributed by atoms with Gasteiger partial charge in [0.1, 0.15) is 0 Å². The number of carbonyl (C=O) groups is 1. The van der Waals surface area contributed by atoms with E-state index in [1.54, 1.807) is 0 Å². The molecule has 0 spiro atoms. The Morgan fingerprint density at radius 2 is 1.86 bits per heavy atom. The second kappa shape index (κ2) is 12.0. The van der Waals surface area contributed by atoms with Gasteiger partial charge >= 0.3 is 0 Å². The number of allylic oxidation sites excluding steroid dienone is 2. The molecule has 1 aromatic carbocycles. The maximum atomic E-state index is 12.8. The highest BCUT2D eigenvalue weighted by Gasteiger charge is 2.58. The number of hydrogen-bond donors (Lipinski definition) is 2. The highest BCUT2D eigenvalue weighted by atomic mass is 16.6. The van der Waals surface area contributed by atoms with E-state index in [1.807, 2.05) is 0 Å². The van der Waals surface area contributed by atoms with E-state index >= 15 is 0 Å². The van der Waals surface area contributed by atoms with E-state index in [1.165, 1.54) is 30.4 Å². The zero-order valence-electron chi connectivity index (χ0n) is 27.3. The number of aliphatic hydroxyl groups is 1. The Hall–Kier alpha value is -2.18. The molecule has 236 valence electrons. The van der Waals surface area contributed by atoms with Gasteiger partial charge in [-0.3, -0.25) is 4.79 Å². The molecule has 1 heterocycles. The summed E-state index contributed by atoms with van der Waals surface area (Å²) in [5.74, 6) is 2.51. The number of likely N-dealkylation sites (tertiary alicyclic amines) is 1. The van der Waals surface area contributed by atoms with Crippen molar-refractivity contribution in [1.29, 1.82) is 0 Å². The number of oxime groups is 1. The zero-order valence-corrected chi connectivity index (χ0v) is 27.3. The molecule has 6 rings (SSSR count). The number of rotatable bonds is 7. The first kappa shape index (κ1) is 30.8. The SMILES string of the molecule is C[C@@H]1CN(C)[C@@H](C)C[C@]1(CCNC(=O)CON=C1C=C2CC[C@@H]3[C@@H](CC[C@@]4(C)[C@@H](O)CC[C@@H]34)[C@]2(C)CC1)c1ccccc1. The van der Waals surface area contributed by atoms with E-state index < -0.39 is 0 Å². The van der Waals surface area contributed by atoms with Gasteiger partial charge in [-0.2, -0.15) is 0 Å². The van der Waals surface area contributed by atoms with Gasteiger partial charge in [0.05, 0.1) is 11.8 Å². The quantitative estimate of drug-likeness (QED) is 0.357. The van der Waals surface area contributed by atoms with Crippen LogP contribution in [0, 0.1) is 34.5 Å². The fourth-order valence-electron chi connectivity index (χ4n) is 10.6. The van der Waals surface area contributed by atoms with E-state index in [4.69, 9.17) is 4.84 Å². The second-order valence-corrected chi connectivity index (χ2v) is 15.5. The van der Waals surface area contributed by atoms with E-state index in [0.29, 0.717) is 30.3 Å². The third-order valence-electron chi connectivity index (χ3n) is 13.5. The molecule has 4 aliphatic carbocycles. The van der Waals surface area contributed by atoms with Gasteiger partial charge in [-0.1, -0.05) is 61.8 Å². The van der Waals surface area contributed by atoms with E-state index in [-0.39, 0.29) is 34.9 Å². The molecule has 1 amide bonds. The molecule has 1 aliphatic heterocycles. The van der Waals surface area contributed by atoms with Crippen molar-refractivity contribution >= 4 is 11.6 Å². The second-order valence-electron chi connectivity index (χ2n) is 15.5. The smallest absolute Gasteiger partial charge is 0.260 e. The van der Waals surface area contributed by atoms with Crippen LogP contribution in [0.5, 0.6) is 0 Å². The summed E-state index contributed by atoms with van der Waals surface area (Å²) >= 11 is 0. The van der Waals surface area contributed by atoms with Crippen molar-refractivity contribution in [2.45, 2.75) is 109 Å². The summed E-state index contributed by atoms with van der Waals surface area (Å²) < 4.78 is 0. The van der Waals surface area contributed by atoms with Crippen molar-refractivity contribution in [2.24, 2.45) is 39.7 Å². The summed E-state index contributed by atoms with van der Waals surface area (Å²) in [6.45, 7) is 11.2. The fraction of sp³-hybridized carbons (Fsp3) is 0.730. The lowest BCUT2D eigenvalue weighted by atomic mass is 9.47. The van der Waals surface area contributed by atoms with Crippen LogP contribution in [0.2, 0.25) is 0 Å². The Kier molecular flexibility index (Phi) is 8.58. The summed E-state index contributed by atoms with van der Waals surface area (Å²) in [5, 5.41) is 18.3. The standard InChI is InChI=1S/C37H55N3O3/c1-25-23-40(5)26(2)22-37(25,27-9-7-6-8-10-27)19-20-38-34(42)24-43-39-29-15-17-35(3)28(21-29)11-12-30-31-13-14-33(41)36(31,4)18-16-32(30)35/h6-10,21,25-26,30-33,41H,11-20,22-24H2,1-5H3,(H,38,42)/t25-,26+,30+,31+,32-,33+,35-,36-,37+/m1/s1. The topological polar surface area (TPSA) is 74.2 Å². The molecule has 1 aromatic rings. The minimum atomic E-state index is -0.117. The maximum absolute atomic E-state index is 12.8. The first-order valence-corrected chi connectivity index (χ1v) is 17.2. The predicted molar refractivity (Wildman–Crippen MR) is 173 cm³/mol. The van der Waals surface area contributed by atoms with Crippen LogP contribution >= 0.6 is 0 Å². The lowest BCUT2D eigenvalue weighted by Gasteiger charge is -2.57. The van der Waals surface area contributed by atoms with Gasteiger partial charge < -0.3 is 20.2 Å². The minimum absolute atomic E-state index is 0.0374. The fourth-order valence-corrected chi connectivity index (χ4v) is 10.6. The van der Waals surface area contributed by atoms with Gasteiger partial charge in [0.2, 0.25) is 0 Å². The highest BCUT2D eigenvalue weighted by Crippen LogP contribution is 2.65. The summed E-state index contributed by atoms with van der Waals surface area (Å²) in [4.78, 5) is 20.9. The monoisotopic (exact) mass is 589 g/mol. The first-order chi connectivity index (χ1) is 20.6. The third kappa shape index (κ3) is 5.49. The summed E-state index contributed by atoms with van der Waals surface area (Å²) in [7, 11) is 2.22. The lowest BCUT2D eigenvalue weighted by molar-refractivity contribution is -0.125. The van der Waals surface area contributed by atoms with Crippen LogP contribution in [0.25, 0.3) is 0 Å². The lowest BCUT2D eigenvalue weighted by Crippen LogP contribution is -2.52. The highest BCUT2D eigenvalue weighted by molar-refractivity contribution is 5.96. The number of benzene rings is 1. The molecular weight excluding hydrogens is 534 g/mol. The molecule has 0 bridgehead atoms. The summed E-state index contributed by atoms with van der Waals surface area (Å²) in [5.41, 5.74) is 4.30. The molecule has 5 aliphatic rings.